The Bertz CT molecular complexity index is 614. The summed E-state index contributed by atoms with van der Waals surface area (Å²) in [5.74, 6) is -0.862. The Morgan fingerprint density at radius 1 is 0.852 bits per heavy atom. The van der Waals surface area contributed by atoms with Gasteiger partial charge < -0.3 is 18.9 Å². The molecule has 0 atom stereocenters. The van der Waals surface area contributed by atoms with Gasteiger partial charge in [0.1, 0.15) is 5.76 Å². The van der Waals surface area contributed by atoms with Crippen molar-refractivity contribution >= 4 is 18.1 Å². The lowest BCUT2D eigenvalue weighted by Crippen LogP contribution is -2.08. The van der Waals surface area contributed by atoms with E-state index in [-0.39, 0.29) is 23.7 Å². The highest BCUT2D eigenvalue weighted by Crippen LogP contribution is 2.06. The summed E-state index contributed by atoms with van der Waals surface area (Å²) in [6.07, 6.45) is 5.85. The average Bonchev–Trinajstić information content (AvgIpc) is 2.60. The number of carbonyl (C=O) groups excluding carboxylic acids is 3. The zero-order chi connectivity index (χ0) is 20.7. The molecule has 0 fully saturated rings. The third-order valence-electron chi connectivity index (χ3n) is 2.88. The van der Waals surface area contributed by atoms with E-state index in [4.69, 9.17) is 18.9 Å². The Kier molecular flexibility index (Phi) is 12.5. The lowest BCUT2D eigenvalue weighted by molar-refractivity contribution is -0.138. The number of esters is 2. The van der Waals surface area contributed by atoms with Gasteiger partial charge in [0.15, 0.2) is 0 Å². The van der Waals surface area contributed by atoms with E-state index < -0.39 is 18.1 Å². The number of ether oxygens (including phenoxy) is 4. The average molecular weight is 378 g/mol. The maximum Gasteiger partial charge on any atom is 0.513 e. The molecule has 0 aromatic rings. The zero-order valence-corrected chi connectivity index (χ0v) is 15.7. The smallest absolute Gasteiger partial charge is 0.463 e. The van der Waals surface area contributed by atoms with E-state index in [1.54, 1.807) is 0 Å². The molecule has 27 heavy (non-hydrogen) atoms. The molecule has 0 bridgehead atoms. The largest absolute Gasteiger partial charge is 0.513 e. The molecule has 0 aromatic heterocycles. The van der Waals surface area contributed by atoms with Gasteiger partial charge in [0.2, 0.25) is 0 Å². The van der Waals surface area contributed by atoms with Crippen LogP contribution in [0.25, 0.3) is 0 Å². The van der Waals surface area contributed by atoms with Crippen molar-refractivity contribution < 1.29 is 33.3 Å². The second-order valence-corrected chi connectivity index (χ2v) is 5.40. The van der Waals surface area contributed by atoms with Crippen LogP contribution in [0.3, 0.4) is 0 Å². The molecule has 0 aliphatic heterocycles. The highest BCUT2D eigenvalue weighted by Gasteiger charge is 2.08. The van der Waals surface area contributed by atoms with Gasteiger partial charge in [0, 0.05) is 6.08 Å². The first-order valence-corrected chi connectivity index (χ1v) is 8.33. The quantitative estimate of drug-likeness (QED) is 0.119. The monoisotopic (exact) mass is 378 g/mol. The summed E-state index contributed by atoms with van der Waals surface area (Å²) in [7, 11) is 0. The Labute approximate surface area is 159 Å². The Balaban J connectivity index is 3.84. The van der Waals surface area contributed by atoms with E-state index >= 15 is 0 Å². The predicted molar refractivity (Wildman–Crippen MR) is 100 cm³/mol. The Morgan fingerprint density at radius 3 is 2.00 bits per heavy atom. The minimum atomic E-state index is -0.889. The number of hydrogen-bond donors (Lipinski definition) is 0. The Hall–Kier alpha value is -3.09. The fourth-order valence-electron chi connectivity index (χ4n) is 1.60. The highest BCUT2D eigenvalue weighted by atomic mass is 16.7. The van der Waals surface area contributed by atoms with E-state index in [9.17, 15) is 14.4 Å². The SMILES string of the molecule is C=CC(=O)OCCCCCCOC(=O)OC(=C)/C=C\C(=C)C(=O)OC(=C)C. The fraction of sp³-hybridized carbons (Fsp3) is 0.350. The molecule has 0 saturated carbocycles. The van der Waals surface area contributed by atoms with Crippen LogP contribution in [0.15, 0.2) is 61.6 Å². The van der Waals surface area contributed by atoms with Gasteiger partial charge in [0.25, 0.3) is 0 Å². The summed E-state index contributed by atoms with van der Waals surface area (Å²) in [4.78, 5) is 33.8. The predicted octanol–water partition coefficient (Wildman–Crippen LogP) is 4.13. The maximum absolute atomic E-state index is 11.5. The number of carbonyl (C=O) groups is 3. The van der Waals surface area contributed by atoms with Crippen molar-refractivity contribution in [1.29, 1.82) is 0 Å². The molecule has 0 aromatic carbocycles. The molecule has 7 heteroatoms. The molecule has 0 radical (unpaired) electrons. The molecule has 0 N–H and O–H groups in total. The molecule has 0 heterocycles. The van der Waals surface area contributed by atoms with Crippen LogP contribution in [-0.4, -0.2) is 31.3 Å². The second-order valence-electron chi connectivity index (χ2n) is 5.40. The van der Waals surface area contributed by atoms with Crippen molar-refractivity contribution in [3.63, 3.8) is 0 Å². The van der Waals surface area contributed by atoms with Crippen molar-refractivity contribution in [3.05, 3.63) is 61.6 Å². The molecular weight excluding hydrogens is 352 g/mol. The van der Waals surface area contributed by atoms with Gasteiger partial charge in [-0.15, -0.1) is 0 Å². The van der Waals surface area contributed by atoms with Crippen molar-refractivity contribution in [2.75, 3.05) is 13.2 Å². The van der Waals surface area contributed by atoms with E-state index in [0.717, 1.165) is 25.3 Å². The van der Waals surface area contributed by atoms with Crippen LogP contribution in [0.5, 0.6) is 0 Å². The van der Waals surface area contributed by atoms with E-state index in [1.165, 1.54) is 19.1 Å². The summed E-state index contributed by atoms with van der Waals surface area (Å²) < 4.78 is 19.3. The van der Waals surface area contributed by atoms with Gasteiger partial charge in [0.05, 0.1) is 24.5 Å². The van der Waals surface area contributed by atoms with E-state index in [0.29, 0.717) is 13.0 Å². The van der Waals surface area contributed by atoms with Crippen LogP contribution < -0.4 is 0 Å². The normalized spacial score (nSPS) is 9.96. The summed E-state index contributed by atoms with van der Waals surface area (Å²) >= 11 is 0. The van der Waals surface area contributed by atoms with Crippen LogP contribution in [-0.2, 0) is 28.5 Å². The summed E-state index contributed by atoms with van der Waals surface area (Å²) in [6, 6.07) is 0. The van der Waals surface area contributed by atoms with Crippen molar-refractivity contribution in [1.82, 2.24) is 0 Å². The van der Waals surface area contributed by atoms with Crippen molar-refractivity contribution in [2.45, 2.75) is 32.6 Å². The van der Waals surface area contributed by atoms with Gasteiger partial charge in [-0.1, -0.05) is 26.3 Å². The third kappa shape index (κ3) is 13.8. The van der Waals surface area contributed by atoms with Crippen LogP contribution in [0.1, 0.15) is 32.6 Å². The molecule has 0 unspecified atom stereocenters. The van der Waals surface area contributed by atoms with E-state index in [1.807, 2.05) is 0 Å². The van der Waals surface area contributed by atoms with Crippen molar-refractivity contribution in [3.8, 4) is 0 Å². The maximum atomic E-state index is 11.5. The molecule has 0 rings (SSSR count). The van der Waals surface area contributed by atoms with Gasteiger partial charge in [-0.05, 0) is 44.8 Å². The molecule has 0 aliphatic rings. The first-order valence-electron chi connectivity index (χ1n) is 8.33. The lowest BCUT2D eigenvalue weighted by atomic mass is 10.2. The molecule has 0 spiro atoms. The number of hydrogen-bond acceptors (Lipinski definition) is 7. The van der Waals surface area contributed by atoms with Crippen LogP contribution >= 0.6 is 0 Å². The molecule has 7 nitrogen and oxygen atoms in total. The fourth-order valence-corrected chi connectivity index (χ4v) is 1.60. The third-order valence-corrected chi connectivity index (χ3v) is 2.88. The van der Waals surface area contributed by atoms with Crippen LogP contribution in [0.2, 0.25) is 0 Å². The van der Waals surface area contributed by atoms with Crippen LogP contribution in [0, 0.1) is 0 Å². The van der Waals surface area contributed by atoms with Gasteiger partial charge in [-0.3, -0.25) is 0 Å². The summed E-state index contributed by atoms with van der Waals surface area (Å²) in [6.45, 7) is 15.8. The second kappa shape index (κ2) is 14.1. The van der Waals surface area contributed by atoms with Crippen LogP contribution in [0.4, 0.5) is 4.79 Å². The highest BCUT2D eigenvalue weighted by molar-refractivity contribution is 5.91. The van der Waals surface area contributed by atoms with E-state index in [2.05, 4.69) is 26.3 Å². The topological polar surface area (TPSA) is 88.1 Å². The molecule has 0 aliphatic carbocycles. The first kappa shape index (κ1) is 23.9. The minimum absolute atomic E-state index is 0.00619. The minimum Gasteiger partial charge on any atom is -0.463 e. The molecule has 0 amide bonds. The lowest BCUT2D eigenvalue weighted by Gasteiger charge is -2.06. The molecular formula is C20H26O7. The standard InChI is InChI=1S/C20H26O7/c1-6-18(21)24-13-9-7-8-10-14-25-20(23)27-17(5)12-11-16(4)19(22)26-15(2)3/h6,11-12H,1-2,4-5,7-10,13-14H2,3H3/b12-11-. The zero-order valence-electron chi connectivity index (χ0n) is 15.7. The van der Waals surface area contributed by atoms with Crippen molar-refractivity contribution in [2.24, 2.45) is 0 Å². The first-order chi connectivity index (χ1) is 12.8. The molecule has 0 saturated heterocycles. The molecule has 148 valence electrons. The van der Waals surface area contributed by atoms with Gasteiger partial charge >= 0.3 is 18.1 Å². The summed E-state index contributed by atoms with van der Waals surface area (Å²) in [5.41, 5.74) is 0.0508. The van der Waals surface area contributed by atoms with Gasteiger partial charge in [-0.25, -0.2) is 14.4 Å². The Morgan fingerprint density at radius 2 is 1.44 bits per heavy atom. The summed E-state index contributed by atoms with van der Waals surface area (Å²) in [5, 5.41) is 0. The number of rotatable bonds is 13. The van der Waals surface area contributed by atoms with Gasteiger partial charge in [-0.2, -0.15) is 0 Å². The number of allylic oxidation sites excluding steroid dienone is 2. The number of unbranched alkanes of at least 4 members (excludes halogenated alkanes) is 3.